The van der Waals surface area contributed by atoms with Gasteiger partial charge in [-0.3, -0.25) is 24.0 Å². The van der Waals surface area contributed by atoms with Crippen LogP contribution in [0.5, 0.6) is 0 Å². The van der Waals surface area contributed by atoms with Crippen molar-refractivity contribution in [2.75, 3.05) is 12.3 Å². The Labute approximate surface area is 176 Å². The number of hydrogen-bond acceptors (Lipinski definition) is 8. The number of carboxylic acid groups (broad SMARTS) is 2. The van der Waals surface area contributed by atoms with Gasteiger partial charge in [-0.1, -0.05) is 42.1 Å². The summed E-state index contributed by atoms with van der Waals surface area (Å²) >= 11 is 0.591. The van der Waals surface area contributed by atoms with E-state index in [0.717, 1.165) is 0 Å². The molecule has 3 atom stereocenters. The van der Waals surface area contributed by atoms with Crippen LogP contribution in [0.3, 0.4) is 0 Å². The lowest BCUT2D eigenvalue weighted by atomic mass is 10.1. The summed E-state index contributed by atoms with van der Waals surface area (Å²) in [4.78, 5) is 57.8. The Bertz CT molecular complexity index is 774. The number of aliphatic hydroxyl groups is 1. The van der Waals surface area contributed by atoms with E-state index in [1.807, 2.05) is 0 Å². The molecule has 0 fully saturated rings. The summed E-state index contributed by atoms with van der Waals surface area (Å²) in [6, 6.07) is 5.55. The molecule has 0 aliphatic rings. The Kier molecular flexibility index (Phi) is 10.5. The maximum Gasteiger partial charge on any atom is 0.322 e. The van der Waals surface area contributed by atoms with Crippen LogP contribution in [-0.4, -0.2) is 68.6 Å². The monoisotopic (exact) mass is 441 g/mol. The molecule has 3 unspecified atom stereocenters. The Hall–Kier alpha value is -2.96. The molecule has 0 aromatic heterocycles. The molecule has 7 N–H and O–H groups in total. The van der Waals surface area contributed by atoms with E-state index < -0.39 is 53.6 Å². The minimum Gasteiger partial charge on any atom is -0.480 e. The van der Waals surface area contributed by atoms with Crippen molar-refractivity contribution >= 4 is 40.6 Å². The van der Waals surface area contributed by atoms with Crippen LogP contribution in [0, 0.1) is 0 Å². The predicted octanol–water partition coefficient (Wildman–Crippen LogP) is -1.14. The maximum atomic E-state index is 12.2. The number of thioether (sulfide) groups is 1. The highest BCUT2D eigenvalue weighted by Gasteiger charge is 2.26. The zero-order chi connectivity index (χ0) is 22.7. The van der Waals surface area contributed by atoms with Crippen LogP contribution in [0.15, 0.2) is 30.3 Å². The van der Waals surface area contributed by atoms with Crippen molar-refractivity contribution in [3.63, 3.8) is 0 Å². The SMILES string of the molecule is NC(CCC(=O)NC(CSC(=O)C(O)c1ccccc1)C(=O)NCC(=O)O)C(=O)O. The molecule has 2 amide bonds. The van der Waals surface area contributed by atoms with Crippen molar-refractivity contribution in [2.45, 2.75) is 31.0 Å². The standard InChI is InChI=1S/C18H23N3O8S/c19-11(17(27)28)6-7-13(22)21-12(16(26)20-8-14(23)24)9-30-18(29)15(25)10-4-2-1-3-5-10/h1-5,11-12,15,25H,6-9,19H2,(H,20,26)(H,21,22)(H,23,24)(H,27,28). The van der Waals surface area contributed by atoms with Crippen molar-refractivity contribution < 1.29 is 39.3 Å². The molecule has 0 aliphatic carbocycles. The minimum atomic E-state index is -1.44. The molecule has 0 aliphatic heterocycles. The third kappa shape index (κ3) is 9.03. The van der Waals surface area contributed by atoms with Gasteiger partial charge in [-0.2, -0.15) is 0 Å². The number of carboxylic acids is 2. The van der Waals surface area contributed by atoms with Crippen LogP contribution < -0.4 is 16.4 Å². The van der Waals surface area contributed by atoms with E-state index in [-0.39, 0.29) is 18.6 Å². The molecular weight excluding hydrogens is 418 g/mol. The Morgan fingerprint density at radius 1 is 1.07 bits per heavy atom. The molecule has 0 heterocycles. The molecule has 12 heteroatoms. The van der Waals surface area contributed by atoms with Gasteiger partial charge in [0.1, 0.15) is 24.7 Å². The second-order valence-corrected chi connectivity index (χ2v) is 7.18. The maximum absolute atomic E-state index is 12.2. The fourth-order valence-corrected chi connectivity index (χ4v) is 3.02. The third-order valence-corrected chi connectivity index (χ3v) is 4.80. The number of carbonyl (C=O) groups is 5. The molecule has 1 aromatic rings. The van der Waals surface area contributed by atoms with Gasteiger partial charge in [0.05, 0.1) is 0 Å². The van der Waals surface area contributed by atoms with Crippen LogP contribution in [-0.2, 0) is 24.0 Å². The van der Waals surface area contributed by atoms with Gasteiger partial charge < -0.3 is 31.7 Å². The summed E-state index contributed by atoms with van der Waals surface area (Å²) < 4.78 is 0. The van der Waals surface area contributed by atoms with Gasteiger partial charge in [0.15, 0.2) is 0 Å². The van der Waals surface area contributed by atoms with Crippen LogP contribution in [0.25, 0.3) is 0 Å². The number of nitrogens with two attached hydrogens (primary N) is 1. The van der Waals surface area contributed by atoms with Crippen LogP contribution >= 0.6 is 11.8 Å². The summed E-state index contributed by atoms with van der Waals surface area (Å²) in [6.07, 6.45) is -1.91. The molecule has 0 saturated carbocycles. The first kappa shape index (κ1) is 25.1. The molecule has 11 nitrogen and oxygen atoms in total. The van der Waals surface area contributed by atoms with E-state index in [0.29, 0.717) is 17.3 Å². The molecule has 1 aromatic carbocycles. The Balaban J connectivity index is 2.71. The fourth-order valence-electron chi connectivity index (χ4n) is 2.16. The molecule has 0 bridgehead atoms. The molecule has 0 saturated heterocycles. The zero-order valence-corrected chi connectivity index (χ0v) is 16.6. The molecule has 0 radical (unpaired) electrons. The van der Waals surface area contributed by atoms with Crippen LogP contribution in [0.2, 0.25) is 0 Å². The number of nitrogens with one attached hydrogen (secondary N) is 2. The summed E-state index contributed by atoms with van der Waals surface area (Å²) in [5.74, 6) is -4.40. The topological polar surface area (TPSA) is 196 Å². The van der Waals surface area contributed by atoms with Gasteiger partial charge in [0.2, 0.25) is 16.9 Å². The summed E-state index contributed by atoms with van der Waals surface area (Å²) in [6.45, 7) is -0.694. The van der Waals surface area contributed by atoms with Crippen molar-refractivity contribution in [3.8, 4) is 0 Å². The highest BCUT2D eigenvalue weighted by Crippen LogP contribution is 2.20. The molecular formula is C18H23N3O8S. The summed E-state index contributed by atoms with van der Waals surface area (Å²) in [5, 5.41) is 31.3. The quantitative estimate of drug-likeness (QED) is 0.230. The zero-order valence-electron chi connectivity index (χ0n) is 15.8. The largest absolute Gasteiger partial charge is 0.480 e. The smallest absolute Gasteiger partial charge is 0.322 e. The van der Waals surface area contributed by atoms with E-state index in [1.165, 1.54) is 0 Å². The first-order valence-electron chi connectivity index (χ1n) is 8.78. The van der Waals surface area contributed by atoms with E-state index in [4.69, 9.17) is 15.9 Å². The number of carbonyl (C=O) groups excluding carboxylic acids is 3. The van der Waals surface area contributed by atoms with Crippen molar-refractivity contribution in [1.82, 2.24) is 10.6 Å². The van der Waals surface area contributed by atoms with Gasteiger partial charge in [-0.15, -0.1) is 0 Å². The van der Waals surface area contributed by atoms with Gasteiger partial charge in [-0.05, 0) is 12.0 Å². The van der Waals surface area contributed by atoms with Crippen molar-refractivity contribution in [1.29, 1.82) is 0 Å². The number of hydrogen-bond donors (Lipinski definition) is 6. The lowest BCUT2D eigenvalue weighted by Gasteiger charge is -2.18. The number of aliphatic hydroxyl groups excluding tert-OH is 1. The highest BCUT2D eigenvalue weighted by atomic mass is 32.2. The van der Waals surface area contributed by atoms with Crippen LogP contribution in [0.4, 0.5) is 0 Å². The van der Waals surface area contributed by atoms with Crippen molar-refractivity contribution in [2.24, 2.45) is 5.73 Å². The number of aliphatic carboxylic acids is 2. The number of rotatable bonds is 12. The Morgan fingerprint density at radius 2 is 1.70 bits per heavy atom. The lowest BCUT2D eigenvalue weighted by Crippen LogP contribution is -2.49. The highest BCUT2D eigenvalue weighted by molar-refractivity contribution is 8.13. The predicted molar refractivity (Wildman–Crippen MR) is 106 cm³/mol. The molecule has 30 heavy (non-hydrogen) atoms. The first-order chi connectivity index (χ1) is 14.1. The lowest BCUT2D eigenvalue weighted by molar-refractivity contribution is -0.139. The van der Waals surface area contributed by atoms with E-state index in [1.54, 1.807) is 30.3 Å². The van der Waals surface area contributed by atoms with Crippen LogP contribution in [0.1, 0.15) is 24.5 Å². The van der Waals surface area contributed by atoms with E-state index in [9.17, 15) is 29.1 Å². The number of benzene rings is 1. The summed E-state index contributed by atoms with van der Waals surface area (Å²) in [7, 11) is 0. The van der Waals surface area contributed by atoms with Gasteiger partial charge in [-0.25, -0.2) is 0 Å². The Morgan fingerprint density at radius 3 is 2.27 bits per heavy atom. The average molecular weight is 441 g/mol. The average Bonchev–Trinajstić information content (AvgIpc) is 2.72. The molecule has 0 spiro atoms. The van der Waals surface area contributed by atoms with E-state index in [2.05, 4.69) is 10.6 Å². The molecule has 1 rings (SSSR count). The minimum absolute atomic E-state index is 0.177. The second kappa shape index (κ2) is 12.6. The first-order valence-corrected chi connectivity index (χ1v) is 9.77. The summed E-state index contributed by atoms with van der Waals surface area (Å²) in [5.41, 5.74) is 5.68. The normalized spacial score (nSPS) is 13.5. The van der Waals surface area contributed by atoms with Gasteiger partial charge >= 0.3 is 11.9 Å². The van der Waals surface area contributed by atoms with Crippen molar-refractivity contribution in [3.05, 3.63) is 35.9 Å². The second-order valence-electron chi connectivity index (χ2n) is 6.16. The fraction of sp³-hybridized carbons (Fsp3) is 0.389. The number of amides is 2. The third-order valence-electron chi connectivity index (χ3n) is 3.80. The van der Waals surface area contributed by atoms with Gasteiger partial charge in [0.25, 0.3) is 0 Å². The van der Waals surface area contributed by atoms with E-state index >= 15 is 0 Å². The van der Waals surface area contributed by atoms with Gasteiger partial charge in [0, 0.05) is 12.2 Å². The molecule has 164 valence electrons.